The molecule has 4 aromatic rings. The zero-order chi connectivity index (χ0) is 31.9. The van der Waals surface area contributed by atoms with Gasteiger partial charge in [0.25, 0.3) is 5.91 Å². The molecule has 2 saturated carbocycles. The molecule has 4 heterocycles. The molecule has 3 aliphatic rings. The van der Waals surface area contributed by atoms with Crippen LogP contribution in [0.2, 0.25) is 5.02 Å². The maximum atomic E-state index is 16.2. The number of carbonyl (C=O) groups is 2. The molecule has 0 spiro atoms. The highest BCUT2D eigenvalue weighted by atomic mass is 35.5. The summed E-state index contributed by atoms with van der Waals surface area (Å²) in [5.74, 6) is -1.02. The number of hydrogen-bond donors (Lipinski definition) is 3. The molecular weight excluding hydrogens is 608 g/mol. The van der Waals surface area contributed by atoms with E-state index in [0.717, 1.165) is 24.6 Å². The number of nitrogens with two attached hydrogens (primary N) is 1. The first-order valence-electron chi connectivity index (χ1n) is 14.6. The number of nitrogens with zero attached hydrogens (tertiary/aromatic N) is 3. The van der Waals surface area contributed by atoms with Gasteiger partial charge in [-0.3, -0.25) is 9.59 Å². The fourth-order valence-electron chi connectivity index (χ4n) is 5.89. The van der Waals surface area contributed by atoms with Gasteiger partial charge in [-0.05, 0) is 69.0 Å². The summed E-state index contributed by atoms with van der Waals surface area (Å²) in [6.45, 7) is 0.901. The number of primary amides is 1. The average molecular weight is 638 g/mol. The Hall–Kier alpha value is -4.29. The van der Waals surface area contributed by atoms with Gasteiger partial charge in [-0.2, -0.15) is 5.10 Å². The average Bonchev–Trinajstić information content (AvgIpc) is 3.94. The predicted molar refractivity (Wildman–Crippen MR) is 160 cm³/mol. The highest BCUT2D eigenvalue weighted by Gasteiger charge is 2.62. The van der Waals surface area contributed by atoms with Crippen LogP contribution >= 0.6 is 11.6 Å². The molecule has 2 fully saturated rings. The maximum Gasteiger partial charge on any atom is 0.251 e. The van der Waals surface area contributed by atoms with E-state index >= 15 is 4.39 Å². The number of aliphatic hydroxyl groups is 1. The van der Waals surface area contributed by atoms with Crippen LogP contribution in [0.5, 0.6) is 11.6 Å². The maximum absolute atomic E-state index is 16.2. The number of benzene rings is 1. The number of methoxy groups -OCH3 is 1. The number of alkyl halides is 1. The van der Waals surface area contributed by atoms with Crippen molar-refractivity contribution < 1.29 is 33.0 Å². The molecule has 0 unspecified atom stereocenters. The second-order valence-electron chi connectivity index (χ2n) is 12.3. The van der Waals surface area contributed by atoms with Crippen molar-refractivity contribution in [2.45, 2.75) is 55.2 Å². The van der Waals surface area contributed by atoms with Gasteiger partial charge < -0.3 is 25.6 Å². The van der Waals surface area contributed by atoms with E-state index in [-0.39, 0.29) is 52.7 Å². The Labute approximate surface area is 261 Å². The molecule has 7 rings (SSSR count). The summed E-state index contributed by atoms with van der Waals surface area (Å²) in [7, 11) is 1.47. The number of halogens is 3. The summed E-state index contributed by atoms with van der Waals surface area (Å²) in [5.41, 5.74) is 2.36. The third-order valence-corrected chi connectivity index (χ3v) is 9.47. The molecule has 45 heavy (non-hydrogen) atoms. The number of amides is 2. The van der Waals surface area contributed by atoms with E-state index in [1.54, 1.807) is 17.5 Å². The van der Waals surface area contributed by atoms with Crippen LogP contribution in [0.3, 0.4) is 0 Å². The molecule has 13 heteroatoms. The van der Waals surface area contributed by atoms with Gasteiger partial charge in [0.05, 0.1) is 35.6 Å². The highest BCUT2D eigenvalue weighted by Crippen LogP contribution is 2.55. The number of nitrogens with one attached hydrogen (secondary N) is 1. The molecule has 234 valence electrons. The molecule has 10 nitrogen and oxygen atoms in total. The van der Waals surface area contributed by atoms with Gasteiger partial charge in [0.1, 0.15) is 35.0 Å². The van der Waals surface area contributed by atoms with Gasteiger partial charge in [-0.25, -0.2) is 18.3 Å². The van der Waals surface area contributed by atoms with Crippen molar-refractivity contribution in [3.8, 4) is 22.9 Å². The first-order chi connectivity index (χ1) is 21.4. The van der Waals surface area contributed by atoms with Crippen molar-refractivity contribution in [3.05, 3.63) is 75.8 Å². The molecular formula is C32H30ClF2N5O5. The van der Waals surface area contributed by atoms with Crippen LogP contribution < -0.4 is 20.5 Å². The molecule has 3 aromatic heterocycles. The predicted octanol–water partition coefficient (Wildman–Crippen LogP) is 4.33. The van der Waals surface area contributed by atoms with E-state index < -0.39 is 40.9 Å². The van der Waals surface area contributed by atoms with Crippen LogP contribution in [0, 0.1) is 5.82 Å². The standard InChI is InChI=1S/C32H30ClF2N5O5/c1-30(29(36)42)15-45-27-20(30)13-24(38-26(27)17-5-6-22(34)21(33)10-17)32(43,31(35)7-8-31)14-37-28(41)18-9-19-12-23(16-3-4-16)39-40(19)25(11-18)44-2/h5-6,9-13,16,43H,3-4,7-8,14-15H2,1-2H3,(H2,36,42)(H,37,41)/t30-,32-/m0/s1. The summed E-state index contributed by atoms with van der Waals surface area (Å²) in [4.78, 5) is 30.7. The van der Waals surface area contributed by atoms with Crippen LogP contribution in [0.25, 0.3) is 16.8 Å². The number of pyridine rings is 2. The third-order valence-electron chi connectivity index (χ3n) is 9.18. The van der Waals surface area contributed by atoms with Crippen LogP contribution in [-0.4, -0.2) is 57.4 Å². The molecule has 2 aliphatic carbocycles. The molecule has 1 aliphatic heterocycles. The molecule has 0 bridgehead atoms. The van der Waals surface area contributed by atoms with Gasteiger partial charge in [0.2, 0.25) is 11.8 Å². The summed E-state index contributed by atoms with van der Waals surface area (Å²) in [6.07, 6.45) is 2.14. The number of fused-ring (bicyclic) bond motifs is 2. The van der Waals surface area contributed by atoms with E-state index in [9.17, 15) is 19.1 Å². The SMILES string of the molecule is COc1cc(C(=O)NC[C@](O)(c2cc3c(c(-c4ccc(F)c(Cl)c4)n2)OC[C@]3(C)C(N)=O)C2(F)CC2)cc2cc(C3CC3)nn12. The van der Waals surface area contributed by atoms with E-state index in [1.807, 2.05) is 6.07 Å². The lowest BCUT2D eigenvalue weighted by atomic mass is 9.80. The zero-order valence-electron chi connectivity index (χ0n) is 24.5. The van der Waals surface area contributed by atoms with Crippen LogP contribution in [0.4, 0.5) is 8.78 Å². The Morgan fingerprint density at radius 2 is 2.00 bits per heavy atom. The first kappa shape index (κ1) is 29.4. The Bertz CT molecular complexity index is 1910. The van der Waals surface area contributed by atoms with Gasteiger partial charge in [0.15, 0.2) is 5.60 Å². The minimum Gasteiger partial charge on any atom is -0.489 e. The molecule has 0 saturated heterocycles. The van der Waals surface area contributed by atoms with Crippen molar-refractivity contribution in [2.75, 3.05) is 20.3 Å². The lowest BCUT2D eigenvalue weighted by Crippen LogP contribution is -2.49. The van der Waals surface area contributed by atoms with Crippen LogP contribution in [-0.2, 0) is 15.8 Å². The topological polar surface area (TPSA) is 141 Å². The van der Waals surface area contributed by atoms with Crippen LogP contribution in [0.1, 0.15) is 65.8 Å². The highest BCUT2D eigenvalue weighted by molar-refractivity contribution is 6.31. The summed E-state index contributed by atoms with van der Waals surface area (Å²) in [6, 6.07) is 10.4. The Morgan fingerprint density at radius 1 is 1.24 bits per heavy atom. The smallest absolute Gasteiger partial charge is 0.251 e. The lowest BCUT2D eigenvalue weighted by molar-refractivity contribution is -0.123. The van der Waals surface area contributed by atoms with Crippen molar-refractivity contribution in [3.63, 3.8) is 0 Å². The number of aromatic nitrogens is 3. The molecule has 1 aromatic carbocycles. The Kier molecular flexibility index (Phi) is 6.61. The van der Waals surface area contributed by atoms with E-state index in [0.29, 0.717) is 22.9 Å². The molecule has 2 atom stereocenters. The second-order valence-corrected chi connectivity index (χ2v) is 12.7. The monoisotopic (exact) mass is 637 g/mol. The molecule has 0 radical (unpaired) electrons. The van der Waals surface area contributed by atoms with E-state index in [2.05, 4.69) is 15.4 Å². The first-order valence-corrected chi connectivity index (χ1v) is 15.0. The van der Waals surface area contributed by atoms with Gasteiger partial charge >= 0.3 is 0 Å². The van der Waals surface area contributed by atoms with Gasteiger partial charge in [-0.1, -0.05) is 11.6 Å². The number of ether oxygens (including phenoxy) is 2. The van der Waals surface area contributed by atoms with Crippen molar-refractivity contribution in [1.29, 1.82) is 0 Å². The normalized spacial score (nSPS) is 21.1. The minimum absolute atomic E-state index is 0.0129. The van der Waals surface area contributed by atoms with Crippen molar-refractivity contribution >= 4 is 28.9 Å². The quantitative estimate of drug-likeness (QED) is 0.248. The van der Waals surface area contributed by atoms with E-state index in [1.165, 1.54) is 31.4 Å². The lowest BCUT2D eigenvalue weighted by Gasteiger charge is -2.33. The largest absolute Gasteiger partial charge is 0.489 e. The fourth-order valence-corrected chi connectivity index (χ4v) is 6.08. The number of carbonyl (C=O) groups excluding carboxylic acids is 2. The van der Waals surface area contributed by atoms with Crippen molar-refractivity contribution in [1.82, 2.24) is 19.9 Å². The minimum atomic E-state index is -2.32. The fraction of sp³-hybridized carbons (Fsp3) is 0.375. The Morgan fingerprint density at radius 3 is 2.64 bits per heavy atom. The van der Waals surface area contributed by atoms with E-state index in [4.69, 9.17) is 26.8 Å². The van der Waals surface area contributed by atoms with Crippen molar-refractivity contribution in [2.24, 2.45) is 5.73 Å². The second kappa shape index (κ2) is 10.1. The summed E-state index contributed by atoms with van der Waals surface area (Å²) in [5, 5.41) is 19.2. The summed E-state index contributed by atoms with van der Waals surface area (Å²) < 4.78 is 43.2. The van der Waals surface area contributed by atoms with Crippen LogP contribution in [0.15, 0.2) is 42.5 Å². The van der Waals surface area contributed by atoms with Gasteiger partial charge in [-0.15, -0.1) is 0 Å². The Balaban J connectivity index is 1.28. The molecule has 2 amide bonds. The summed E-state index contributed by atoms with van der Waals surface area (Å²) >= 11 is 6.07. The number of hydrogen-bond acceptors (Lipinski definition) is 7. The number of rotatable bonds is 9. The molecule has 4 N–H and O–H groups in total. The zero-order valence-corrected chi connectivity index (χ0v) is 25.3. The van der Waals surface area contributed by atoms with Gasteiger partial charge in [0, 0.05) is 28.7 Å². The third kappa shape index (κ3) is 4.69.